The molecule has 2 aliphatic rings. The van der Waals surface area contributed by atoms with E-state index < -0.39 is 6.10 Å². The molecule has 2 nitrogen and oxygen atoms in total. The third-order valence-corrected chi connectivity index (χ3v) is 5.68. The van der Waals surface area contributed by atoms with E-state index in [1.54, 1.807) is 7.11 Å². The van der Waals surface area contributed by atoms with E-state index in [4.69, 9.17) is 4.74 Å². The Kier molecular flexibility index (Phi) is 4.66. The van der Waals surface area contributed by atoms with Gasteiger partial charge in [0.25, 0.3) is 0 Å². The van der Waals surface area contributed by atoms with Crippen LogP contribution in [0.2, 0.25) is 0 Å². The molecule has 1 N–H and O–H groups in total. The first-order chi connectivity index (χ1) is 10.2. The molecule has 1 aromatic rings. The number of aliphatic hydroxyl groups is 1. The number of ether oxygens (including phenoxy) is 1. The summed E-state index contributed by atoms with van der Waals surface area (Å²) < 4.78 is 5.84. The van der Waals surface area contributed by atoms with Gasteiger partial charge in [0.05, 0.1) is 5.60 Å². The van der Waals surface area contributed by atoms with Crippen molar-refractivity contribution in [1.82, 2.24) is 0 Å². The average molecular weight is 288 g/mol. The van der Waals surface area contributed by atoms with E-state index in [2.05, 4.69) is 24.3 Å². The van der Waals surface area contributed by atoms with Gasteiger partial charge in [0, 0.05) is 7.11 Å². The number of rotatable bonds is 4. The molecular formula is C19H28O2. The fraction of sp³-hybridized carbons (Fsp3) is 0.684. The highest BCUT2D eigenvalue weighted by atomic mass is 16.5. The fourth-order valence-corrected chi connectivity index (χ4v) is 3.91. The molecule has 116 valence electrons. The first kappa shape index (κ1) is 15.1. The maximum absolute atomic E-state index is 10.9. The number of hydrogen-bond donors (Lipinski definition) is 1. The van der Waals surface area contributed by atoms with Crippen molar-refractivity contribution in [1.29, 1.82) is 0 Å². The molecule has 2 aliphatic carbocycles. The van der Waals surface area contributed by atoms with Crippen molar-refractivity contribution in [2.75, 3.05) is 7.11 Å². The predicted molar refractivity (Wildman–Crippen MR) is 85.4 cm³/mol. The average Bonchev–Trinajstić information content (AvgIpc) is 2.72. The lowest BCUT2D eigenvalue weighted by Crippen LogP contribution is -2.38. The van der Waals surface area contributed by atoms with Crippen molar-refractivity contribution in [3.63, 3.8) is 0 Å². The molecule has 0 amide bonds. The molecule has 1 aromatic carbocycles. The SMILES string of the molecule is COC1(C(O)c2ccc(C3CCC3)cc2)CCCCCC1. The van der Waals surface area contributed by atoms with Gasteiger partial charge in [-0.2, -0.15) is 0 Å². The molecule has 3 rings (SSSR count). The Morgan fingerprint density at radius 2 is 1.62 bits per heavy atom. The minimum atomic E-state index is -0.504. The van der Waals surface area contributed by atoms with Gasteiger partial charge in [-0.25, -0.2) is 0 Å². The summed E-state index contributed by atoms with van der Waals surface area (Å²) in [6.07, 6.45) is 10.3. The molecule has 0 spiro atoms. The van der Waals surface area contributed by atoms with E-state index in [1.165, 1.54) is 37.7 Å². The lowest BCUT2D eigenvalue weighted by Gasteiger charge is -2.36. The third-order valence-electron chi connectivity index (χ3n) is 5.68. The molecule has 0 aliphatic heterocycles. The second-order valence-electron chi connectivity index (χ2n) is 6.88. The van der Waals surface area contributed by atoms with Crippen molar-refractivity contribution >= 4 is 0 Å². The summed E-state index contributed by atoms with van der Waals surface area (Å²) in [7, 11) is 1.76. The van der Waals surface area contributed by atoms with Gasteiger partial charge in [-0.1, -0.05) is 56.4 Å². The Morgan fingerprint density at radius 1 is 1.00 bits per heavy atom. The first-order valence-corrected chi connectivity index (χ1v) is 8.58. The highest BCUT2D eigenvalue weighted by molar-refractivity contribution is 5.29. The van der Waals surface area contributed by atoms with Crippen LogP contribution in [0.25, 0.3) is 0 Å². The van der Waals surface area contributed by atoms with E-state index in [9.17, 15) is 5.11 Å². The van der Waals surface area contributed by atoms with Gasteiger partial charge in [0.1, 0.15) is 6.10 Å². The lowest BCUT2D eigenvalue weighted by atomic mass is 9.79. The minimum Gasteiger partial charge on any atom is -0.385 e. The van der Waals surface area contributed by atoms with Crippen molar-refractivity contribution in [3.05, 3.63) is 35.4 Å². The van der Waals surface area contributed by atoms with Crippen LogP contribution >= 0.6 is 0 Å². The zero-order chi connectivity index (χ0) is 14.7. The summed E-state index contributed by atoms with van der Waals surface area (Å²) in [6.45, 7) is 0. The van der Waals surface area contributed by atoms with Crippen LogP contribution in [0.4, 0.5) is 0 Å². The largest absolute Gasteiger partial charge is 0.385 e. The Labute approximate surface area is 128 Å². The van der Waals surface area contributed by atoms with Gasteiger partial charge >= 0.3 is 0 Å². The summed E-state index contributed by atoms with van der Waals surface area (Å²) >= 11 is 0. The quantitative estimate of drug-likeness (QED) is 0.812. The van der Waals surface area contributed by atoms with Crippen molar-refractivity contribution in [3.8, 4) is 0 Å². The summed E-state index contributed by atoms with van der Waals surface area (Å²) in [5.41, 5.74) is 2.07. The van der Waals surface area contributed by atoms with Crippen LogP contribution in [-0.4, -0.2) is 17.8 Å². The molecule has 1 unspecified atom stereocenters. The number of aliphatic hydroxyl groups excluding tert-OH is 1. The van der Waals surface area contributed by atoms with Crippen LogP contribution < -0.4 is 0 Å². The molecule has 1 atom stereocenters. The van der Waals surface area contributed by atoms with Crippen LogP contribution in [-0.2, 0) is 4.74 Å². The Balaban J connectivity index is 1.76. The molecule has 0 aromatic heterocycles. The molecular weight excluding hydrogens is 260 g/mol. The van der Waals surface area contributed by atoms with Crippen LogP contribution in [0.3, 0.4) is 0 Å². The maximum Gasteiger partial charge on any atom is 0.108 e. The predicted octanol–water partition coefficient (Wildman–Crippen LogP) is 4.73. The minimum absolute atomic E-state index is 0.380. The molecule has 0 saturated heterocycles. The van der Waals surface area contributed by atoms with Gasteiger partial charge in [-0.05, 0) is 42.7 Å². The summed E-state index contributed by atoms with van der Waals surface area (Å²) in [5, 5.41) is 10.9. The van der Waals surface area contributed by atoms with Gasteiger partial charge in [0.2, 0.25) is 0 Å². The zero-order valence-electron chi connectivity index (χ0n) is 13.2. The van der Waals surface area contributed by atoms with Gasteiger partial charge < -0.3 is 9.84 Å². The first-order valence-electron chi connectivity index (χ1n) is 8.58. The molecule has 2 saturated carbocycles. The normalized spacial score (nSPS) is 24.1. The van der Waals surface area contributed by atoms with E-state index in [-0.39, 0.29) is 5.60 Å². The Morgan fingerprint density at radius 3 is 2.10 bits per heavy atom. The molecule has 0 bridgehead atoms. The van der Waals surface area contributed by atoms with E-state index in [0.717, 1.165) is 37.2 Å². The second kappa shape index (κ2) is 6.50. The van der Waals surface area contributed by atoms with E-state index >= 15 is 0 Å². The molecule has 21 heavy (non-hydrogen) atoms. The highest BCUT2D eigenvalue weighted by Gasteiger charge is 2.39. The standard InChI is InChI=1S/C19H28O2/c1-21-19(13-4-2-3-5-14-19)18(20)17-11-9-16(10-12-17)15-7-6-8-15/h9-12,15,18,20H,2-8,13-14H2,1H3. The fourth-order valence-electron chi connectivity index (χ4n) is 3.91. The summed E-state index contributed by atoms with van der Waals surface area (Å²) in [6, 6.07) is 8.65. The third kappa shape index (κ3) is 3.02. The second-order valence-corrected chi connectivity index (χ2v) is 6.88. The monoisotopic (exact) mass is 288 g/mol. The van der Waals surface area contributed by atoms with Crippen molar-refractivity contribution in [2.45, 2.75) is 75.4 Å². The van der Waals surface area contributed by atoms with Crippen LogP contribution in [0.5, 0.6) is 0 Å². The van der Waals surface area contributed by atoms with Crippen molar-refractivity contribution in [2.24, 2.45) is 0 Å². The van der Waals surface area contributed by atoms with Gasteiger partial charge in [0.15, 0.2) is 0 Å². The van der Waals surface area contributed by atoms with Gasteiger partial charge in [-0.15, -0.1) is 0 Å². The number of benzene rings is 1. The zero-order valence-corrected chi connectivity index (χ0v) is 13.2. The highest BCUT2D eigenvalue weighted by Crippen LogP contribution is 2.41. The number of hydrogen-bond acceptors (Lipinski definition) is 2. The van der Waals surface area contributed by atoms with E-state index in [1.807, 2.05) is 0 Å². The summed E-state index contributed by atoms with van der Waals surface area (Å²) in [4.78, 5) is 0. The number of methoxy groups -OCH3 is 1. The maximum atomic E-state index is 10.9. The van der Waals surface area contributed by atoms with Crippen molar-refractivity contribution < 1.29 is 9.84 Å². The topological polar surface area (TPSA) is 29.5 Å². The Bertz CT molecular complexity index is 439. The molecule has 2 heteroatoms. The molecule has 0 heterocycles. The Hall–Kier alpha value is -0.860. The smallest absolute Gasteiger partial charge is 0.108 e. The van der Waals surface area contributed by atoms with E-state index in [0.29, 0.717) is 0 Å². The van der Waals surface area contributed by atoms with Crippen LogP contribution in [0.1, 0.15) is 80.9 Å². The van der Waals surface area contributed by atoms with Crippen LogP contribution in [0, 0.1) is 0 Å². The van der Waals surface area contributed by atoms with Crippen LogP contribution in [0.15, 0.2) is 24.3 Å². The molecule has 2 fully saturated rings. The molecule has 0 radical (unpaired) electrons. The summed E-state index contributed by atoms with van der Waals surface area (Å²) in [5.74, 6) is 0.755. The lowest BCUT2D eigenvalue weighted by molar-refractivity contribution is -0.114. The van der Waals surface area contributed by atoms with Gasteiger partial charge in [-0.3, -0.25) is 0 Å².